The fraction of sp³-hybridized carbons (Fsp3) is 0.917. The van der Waals surface area contributed by atoms with E-state index in [1.165, 1.54) is 12.8 Å². The van der Waals surface area contributed by atoms with Crippen molar-refractivity contribution < 1.29 is 9.53 Å². The van der Waals surface area contributed by atoms with E-state index in [-0.39, 0.29) is 18.1 Å². The molecule has 88 valence electrons. The third kappa shape index (κ3) is 4.65. The van der Waals surface area contributed by atoms with Crippen molar-refractivity contribution in [3.63, 3.8) is 0 Å². The van der Waals surface area contributed by atoms with E-state index in [1.807, 2.05) is 20.8 Å². The number of rotatable bonds is 5. The van der Waals surface area contributed by atoms with Gasteiger partial charge in [0.05, 0.1) is 5.60 Å². The van der Waals surface area contributed by atoms with Crippen LogP contribution in [-0.4, -0.2) is 24.7 Å². The maximum atomic E-state index is 11.4. The molecule has 1 saturated carbocycles. The van der Waals surface area contributed by atoms with Gasteiger partial charge in [-0.1, -0.05) is 6.92 Å². The maximum absolute atomic E-state index is 11.4. The highest BCUT2D eigenvalue weighted by atomic mass is 16.5. The van der Waals surface area contributed by atoms with Gasteiger partial charge in [-0.05, 0) is 45.4 Å². The highest BCUT2D eigenvalue weighted by Crippen LogP contribution is 2.47. The fourth-order valence-electron chi connectivity index (χ4n) is 1.45. The third-order valence-corrected chi connectivity index (χ3v) is 3.00. The maximum Gasteiger partial charge on any atom is 0.246 e. The number of ether oxygens (including phenoxy) is 1. The highest BCUT2D eigenvalue weighted by Gasteiger charge is 2.40. The molecule has 1 N–H and O–H groups in total. The van der Waals surface area contributed by atoms with Crippen LogP contribution in [-0.2, 0) is 9.53 Å². The van der Waals surface area contributed by atoms with Crippen LogP contribution in [0.3, 0.4) is 0 Å². The van der Waals surface area contributed by atoms with Crippen LogP contribution in [0.2, 0.25) is 0 Å². The fourth-order valence-corrected chi connectivity index (χ4v) is 1.45. The number of amides is 1. The van der Waals surface area contributed by atoms with Gasteiger partial charge in [-0.25, -0.2) is 0 Å². The zero-order chi connectivity index (χ0) is 11.5. The smallest absolute Gasteiger partial charge is 0.246 e. The van der Waals surface area contributed by atoms with Crippen molar-refractivity contribution in [3.8, 4) is 0 Å². The molecule has 0 unspecified atom stereocenters. The molecular weight excluding hydrogens is 190 g/mol. The van der Waals surface area contributed by atoms with E-state index in [9.17, 15) is 4.79 Å². The lowest BCUT2D eigenvalue weighted by atomic mass is 10.0. The zero-order valence-electron chi connectivity index (χ0n) is 10.4. The van der Waals surface area contributed by atoms with Crippen LogP contribution in [0.25, 0.3) is 0 Å². The summed E-state index contributed by atoms with van der Waals surface area (Å²) in [7, 11) is 0. The van der Waals surface area contributed by atoms with Crippen molar-refractivity contribution >= 4 is 5.91 Å². The van der Waals surface area contributed by atoms with Gasteiger partial charge in [-0.15, -0.1) is 0 Å². The summed E-state index contributed by atoms with van der Waals surface area (Å²) in [5.74, 6) is 0.00431. The standard InChI is InChI=1S/C12H23NO2/c1-5-12(6-7-12)9-13-10(14)8-15-11(2,3)4/h5-9H2,1-4H3,(H,13,14). The van der Waals surface area contributed by atoms with Crippen molar-refractivity contribution in [2.24, 2.45) is 5.41 Å². The Hall–Kier alpha value is -0.570. The van der Waals surface area contributed by atoms with E-state index in [0.29, 0.717) is 5.41 Å². The van der Waals surface area contributed by atoms with E-state index in [2.05, 4.69) is 12.2 Å². The summed E-state index contributed by atoms with van der Waals surface area (Å²) in [4.78, 5) is 11.4. The molecule has 1 amide bonds. The molecule has 1 fully saturated rings. The summed E-state index contributed by atoms with van der Waals surface area (Å²) in [6.45, 7) is 9.03. The van der Waals surface area contributed by atoms with Crippen LogP contribution >= 0.6 is 0 Å². The summed E-state index contributed by atoms with van der Waals surface area (Å²) >= 11 is 0. The van der Waals surface area contributed by atoms with Crippen LogP contribution in [0.1, 0.15) is 47.0 Å². The van der Waals surface area contributed by atoms with Gasteiger partial charge in [0, 0.05) is 6.54 Å². The molecular formula is C12H23NO2. The van der Waals surface area contributed by atoms with E-state index in [1.54, 1.807) is 0 Å². The first-order valence-electron chi connectivity index (χ1n) is 5.78. The second-order valence-electron chi connectivity index (χ2n) is 5.53. The van der Waals surface area contributed by atoms with Gasteiger partial charge in [-0.3, -0.25) is 4.79 Å². The van der Waals surface area contributed by atoms with E-state index < -0.39 is 0 Å². The molecule has 1 aliphatic rings. The molecule has 0 bridgehead atoms. The Balaban J connectivity index is 2.14. The zero-order valence-corrected chi connectivity index (χ0v) is 10.4. The van der Waals surface area contributed by atoms with Crippen LogP contribution in [0.15, 0.2) is 0 Å². The Morgan fingerprint density at radius 1 is 1.40 bits per heavy atom. The lowest BCUT2D eigenvalue weighted by molar-refractivity contribution is -0.130. The summed E-state index contributed by atoms with van der Waals surface area (Å²) in [6, 6.07) is 0. The quantitative estimate of drug-likeness (QED) is 0.759. The minimum Gasteiger partial charge on any atom is -0.366 e. The molecule has 1 aliphatic carbocycles. The van der Waals surface area contributed by atoms with Crippen molar-refractivity contribution in [3.05, 3.63) is 0 Å². The SMILES string of the molecule is CCC1(CNC(=O)COC(C)(C)C)CC1. The van der Waals surface area contributed by atoms with Crippen LogP contribution in [0.5, 0.6) is 0 Å². The third-order valence-electron chi connectivity index (χ3n) is 3.00. The molecule has 15 heavy (non-hydrogen) atoms. The van der Waals surface area contributed by atoms with E-state index >= 15 is 0 Å². The number of hydrogen-bond donors (Lipinski definition) is 1. The first kappa shape index (κ1) is 12.5. The molecule has 0 aromatic rings. The van der Waals surface area contributed by atoms with Gasteiger partial charge in [0.25, 0.3) is 0 Å². The highest BCUT2D eigenvalue weighted by molar-refractivity contribution is 5.77. The molecule has 0 spiro atoms. The van der Waals surface area contributed by atoms with Crippen LogP contribution in [0.4, 0.5) is 0 Å². The largest absolute Gasteiger partial charge is 0.366 e. The molecule has 1 rings (SSSR count). The summed E-state index contributed by atoms with van der Waals surface area (Å²) < 4.78 is 5.40. The van der Waals surface area contributed by atoms with Crippen LogP contribution in [0, 0.1) is 5.41 Å². The van der Waals surface area contributed by atoms with E-state index in [4.69, 9.17) is 4.74 Å². The number of nitrogens with one attached hydrogen (secondary N) is 1. The number of hydrogen-bond acceptors (Lipinski definition) is 2. The van der Waals surface area contributed by atoms with E-state index in [0.717, 1.165) is 13.0 Å². The Kier molecular flexibility index (Phi) is 3.77. The average Bonchev–Trinajstić information content (AvgIpc) is 2.91. The van der Waals surface area contributed by atoms with Crippen molar-refractivity contribution in [1.29, 1.82) is 0 Å². The van der Waals surface area contributed by atoms with Gasteiger partial charge in [-0.2, -0.15) is 0 Å². The van der Waals surface area contributed by atoms with Crippen LogP contribution < -0.4 is 5.32 Å². The normalized spacial score (nSPS) is 18.7. The van der Waals surface area contributed by atoms with Crippen molar-refractivity contribution in [2.45, 2.75) is 52.6 Å². The second-order valence-corrected chi connectivity index (χ2v) is 5.53. The Labute approximate surface area is 92.6 Å². The lowest BCUT2D eigenvalue weighted by Crippen LogP contribution is -2.35. The molecule has 0 aliphatic heterocycles. The van der Waals surface area contributed by atoms with Crippen molar-refractivity contribution in [1.82, 2.24) is 5.32 Å². The first-order valence-corrected chi connectivity index (χ1v) is 5.78. The van der Waals surface area contributed by atoms with Crippen molar-refractivity contribution in [2.75, 3.05) is 13.2 Å². The molecule has 3 nitrogen and oxygen atoms in total. The molecule has 0 atom stereocenters. The molecule has 0 heterocycles. The Morgan fingerprint density at radius 3 is 2.40 bits per heavy atom. The average molecular weight is 213 g/mol. The second kappa shape index (κ2) is 4.52. The minimum absolute atomic E-state index is 0.00431. The Morgan fingerprint density at radius 2 is 2.00 bits per heavy atom. The molecule has 0 radical (unpaired) electrons. The summed E-state index contributed by atoms with van der Waals surface area (Å²) in [6.07, 6.45) is 3.67. The molecule has 0 aromatic heterocycles. The van der Waals surface area contributed by atoms with Gasteiger partial charge in [0.2, 0.25) is 5.91 Å². The first-order chi connectivity index (χ1) is 6.87. The lowest BCUT2D eigenvalue weighted by Gasteiger charge is -2.20. The number of carbonyl (C=O) groups excluding carboxylic acids is 1. The topological polar surface area (TPSA) is 38.3 Å². The van der Waals surface area contributed by atoms with Gasteiger partial charge in [0.15, 0.2) is 0 Å². The molecule has 0 saturated heterocycles. The molecule has 0 aromatic carbocycles. The predicted octanol–water partition coefficient (Wildman–Crippen LogP) is 2.11. The molecule has 3 heteroatoms. The predicted molar refractivity (Wildman–Crippen MR) is 60.7 cm³/mol. The Bertz CT molecular complexity index is 226. The van der Waals surface area contributed by atoms with Gasteiger partial charge in [0.1, 0.15) is 6.61 Å². The monoisotopic (exact) mass is 213 g/mol. The summed E-state index contributed by atoms with van der Waals surface area (Å²) in [5, 5.41) is 2.94. The minimum atomic E-state index is -0.237. The summed E-state index contributed by atoms with van der Waals surface area (Å²) in [5.41, 5.74) is 0.177. The van der Waals surface area contributed by atoms with Gasteiger partial charge >= 0.3 is 0 Å². The van der Waals surface area contributed by atoms with Gasteiger partial charge < -0.3 is 10.1 Å². The number of carbonyl (C=O) groups is 1.